The summed E-state index contributed by atoms with van der Waals surface area (Å²) in [5.41, 5.74) is 9.10. The maximum atomic E-state index is 12.6. The molecule has 1 aromatic carbocycles. The van der Waals surface area contributed by atoms with Gasteiger partial charge in [0.05, 0.1) is 6.10 Å². The number of hydrogen-bond donors (Lipinski definition) is 3. The summed E-state index contributed by atoms with van der Waals surface area (Å²) in [6, 6.07) is 6.14. The molecule has 150 valence electrons. The van der Waals surface area contributed by atoms with Crippen molar-refractivity contribution in [3.8, 4) is 0 Å². The predicted octanol–water partition coefficient (Wildman–Crippen LogP) is 2.31. The number of carbonyl (C=O) groups excluding carboxylic acids is 1. The van der Waals surface area contributed by atoms with Crippen LogP contribution in [0.4, 0.5) is 0 Å². The number of halogens is 1. The minimum atomic E-state index is -0.939. The number of carboxylic acids is 1. The molecule has 27 heavy (non-hydrogen) atoms. The fourth-order valence-electron chi connectivity index (χ4n) is 4.00. The number of aliphatic carboxylic acids is 1. The number of carboxylic acid groups (broad SMARTS) is 1. The number of nitrogens with one attached hydrogen (secondary N) is 1. The first-order chi connectivity index (χ1) is 12.5. The van der Waals surface area contributed by atoms with Gasteiger partial charge in [0.15, 0.2) is 0 Å². The van der Waals surface area contributed by atoms with Crippen LogP contribution in [0.15, 0.2) is 18.2 Å². The van der Waals surface area contributed by atoms with Crippen LogP contribution in [0.3, 0.4) is 0 Å². The van der Waals surface area contributed by atoms with Gasteiger partial charge in [-0.3, -0.25) is 4.79 Å². The van der Waals surface area contributed by atoms with Crippen LogP contribution in [-0.2, 0) is 22.4 Å². The lowest BCUT2D eigenvalue weighted by atomic mass is 9.83. The zero-order valence-corrected chi connectivity index (χ0v) is 16.3. The lowest BCUT2D eigenvalue weighted by molar-refractivity contribution is -0.145. The van der Waals surface area contributed by atoms with E-state index in [0.717, 1.165) is 57.1 Å². The number of rotatable bonds is 6. The summed E-state index contributed by atoms with van der Waals surface area (Å²) in [6.07, 6.45) is 6.27. The second kappa shape index (κ2) is 10.1. The van der Waals surface area contributed by atoms with Crippen LogP contribution in [0.25, 0.3) is 0 Å². The van der Waals surface area contributed by atoms with E-state index in [1.54, 1.807) is 0 Å². The maximum absolute atomic E-state index is 12.6. The third-order valence-electron chi connectivity index (χ3n) is 5.58. The molecule has 0 aromatic heterocycles. The van der Waals surface area contributed by atoms with Gasteiger partial charge in [-0.25, -0.2) is 4.79 Å². The molecule has 1 saturated carbocycles. The normalized spacial score (nSPS) is 24.4. The summed E-state index contributed by atoms with van der Waals surface area (Å²) >= 11 is 0. The smallest absolute Gasteiger partial charge is 0.329 e. The Morgan fingerprint density at radius 1 is 1.15 bits per heavy atom. The molecule has 4 N–H and O–H groups in total. The standard InChI is InChI=1S/C20H28N2O4.ClH/c21-11-13-1-2-15-10-16(4-3-14(15)9-13)20(25)22-17-5-7-18(8-6-17)26-12-19(23)24;/h3-4,10,13,17-18H,1-2,5-9,11-12,21H2,(H,22,25)(H,23,24);1H. The molecular weight excluding hydrogens is 368 g/mol. The molecule has 7 heteroatoms. The summed E-state index contributed by atoms with van der Waals surface area (Å²) in [7, 11) is 0. The van der Waals surface area contributed by atoms with E-state index in [4.69, 9.17) is 15.6 Å². The summed E-state index contributed by atoms with van der Waals surface area (Å²) in [6.45, 7) is 0.475. The number of aryl methyl sites for hydroxylation is 1. The van der Waals surface area contributed by atoms with Crippen molar-refractivity contribution in [1.29, 1.82) is 0 Å². The molecule has 3 rings (SSSR count). The Morgan fingerprint density at radius 3 is 2.56 bits per heavy atom. The summed E-state index contributed by atoms with van der Waals surface area (Å²) in [5, 5.41) is 11.8. The van der Waals surface area contributed by atoms with E-state index >= 15 is 0 Å². The van der Waals surface area contributed by atoms with Crippen LogP contribution >= 0.6 is 12.4 Å². The molecule has 6 nitrogen and oxygen atoms in total. The maximum Gasteiger partial charge on any atom is 0.329 e. The number of hydrogen-bond acceptors (Lipinski definition) is 4. The van der Waals surface area contributed by atoms with Gasteiger partial charge in [-0.05, 0) is 80.7 Å². The van der Waals surface area contributed by atoms with Crippen molar-refractivity contribution in [2.24, 2.45) is 11.7 Å². The molecule has 2 aliphatic rings. The minimum absolute atomic E-state index is 0. The molecular formula is C20H29ClN2O4. The van der Waals surface area contributed by atoms with Crippen molar-refractivity contribution in [1.82, 2.24) is 5.32 Å². The Hall–Kier alpha value is -1.63. The Morgan fingerprint density at radius 2 is 1.89 bits per heavy atom. The fraction of sp³-hybridized carbons (Fsp3) is 0.600. The van der Waals surface area contributed by atoms with Crippen LogP contribution in [-0.4, -0.2) is 42.3 Å². The molecule has 0 radical (unpaired) electrons. The number of amides is 1. The third-order valence-corrected chi connectivity index (χ3v) is 5.58. The molecule has 0 heterocycles. The van der Waals surface area contributed by atoms with E-state index in [-0.39, 0.29) is 37.1 Å². The van der Waals surface area contributed by atoms with Gasteiger partial charge in [-0.2, -0.15) is 0 Å². The molecule has 0 saturated heterocycles. The molecule has 1 amide bonds. The van der Waals surface area contributed by atoms with Crippen molar-refractivity contribution < 1.29 is 19.4 Å². The monoisotopic (exact) mass is 396 g/mol. The van der Waals surface area contributed by atoms with Gasteiger partial charge in [0.1, 0.15) is 6.61 Å². The highest BCUT2D eigenvalue weighted by Gasteiger charge is 2.24. The van der Waals surface area contributed by atoms with Crippen LogP contribution in [0.1, 0.15) is 53.6 Å². The molecule has 1 unspecified atom stereocenters. The molecule has 0 bridgehead atoms. The summed E-state index contributed by atoms with van der Waals surface area (Å²) in [4.78, 5) is 23.1. The Labute approximate surface area is 166 Å². The molecule has 0 aliphatic heterocycles. The second-order valence-corrected chi connectivity index (χ2v) is 7.48. The SMILES string of the molecule is Cl.NCC1CCc2cc(C(=O)NC3CCC(OCC(=O)O)CC3)ccc2C1. The Kier molecular flexibility index (Phi) is 8.07. The Bertz CT molecular complexity index is 659. The Balaban J connectivity index is 0.00000261. The van der Waals surface area contributed by atoms with Crippen molar-refractivity contribution in [2.45, 2.75) is 57.1 Å². The topological polar surface area (TPSA) is 102 Å². The lowest BCUT2D eigenvalue weighted by Gasteiger charge is -2.29. The summed E-state index contributed by atoms with van der Waals surface area (Å²) in [5.74, 6) is -0.407. The average molecular weight is 397 g/mol. The van der Waals surface area contributed by atoms with Crippen LogP contribution in [0.2, 0.25) is 0 Å². The van der Waals surface area contributed by atoms with Crippen molar-refractivity contribution >= 4 is 24.3 Å². The van der Waals surface area contributed by atoms with Gasteiger partial charge in [0, 0.05) is 11.6 Å². The number of nitrogens with two attached hydrogens (primary N) is 1. The number of fused-ring (bicyclic) bond motifs is 1. The van der Waals surface area contributed by atoms with Gasteiger partial charge < -0.3 is 20.9 Å². The van der Waals surface area contributed by atoms with Crippen molar-refractivity contribution in [3.63, 3.8) is 0 Å². The molecule has 1 fully saturated rings. The zero-order valence-electron chi connectivity index (χ0n) is 15.5. The molecule has 1 aromatic rings. The molecule has 2 aliphatic carbocycles. The van der Waals surface area contributed by atoms with Gasteiger partial charge >= 0.3 is 5.97 Å². The first-order valence-electron chi connectivity index (χ1n) is 9.51. The van der Waals surface area contributed by atoms with Gasteiger partial charge in [-0.15, -0.1) is 12.4 Å². The van der Waals surface area contributed by atoms with Crippen LogP contribution in [0.5, 0.6) is 0 Å². The van der Waals surface area contributed by atoms with Crippen LogP contribution in [0, 0.1) is 5.92 Å². The number of benzene rings is 1. The van der Waals surface area contributed by atoms with Gasteiger partial charge in [-0.1, -0.05) is 6.07 Å². The zero-order chi connectivity index (χ0) is 18.5. The predicted molar refractivity (Wildman–Crippen MR) is 105 cm³/mol. The highest BCUT2D eigenvalue weighted by Crippen LogP contribution is 2.26. The minimum Gasteiger partial charge on any atom is -0.480 e. The fourth-order valence-corrected chi connectivity index (χ4v) is 4.00. The lowest BCUT2D eigenvalue weighted by Crippen LogP contribution is -2.39. The van der Waals surface area contributed by atoms with E-state index in [0.29, 0.717) is 5.92 Å². The molecule has 1 atom stereocenters. The van der Waals surface area contributed by atoms with Gasteiger partial charge in [0.2, 0.25) is 0 Å². The van der Waals surface area contributed by atoms with E-state index in [1.165, 1.54) is 11.1 Å². The first kappa shape index (κ1) is 21.7. The first-order valence-corrected chi connectivity index (χ1v) is 9.51. The van der Waals surface area contributed by atoms with Gasteiger partial charge in [0.25, 0.3) is 5.91 Å². The number of carbonyl (C=O) groups is 2. The second-order valence-electron chi connectivity index (χ2n) is 7.48. The van der Waals surface area contributed by atoms with E-state index in [9.17, 15) is 9.59 Å². The highest BCUT2D eigenvalue weighted by atomic mass is 35.5. The third kappa shape index (κ3) is 5.92. The van der Waals surface area contributed by atoms with E-state index < -0.39 is 5.97 Å². The van der Waals surface area contributed by atoms with E-state index in [2.05, 4.69) is 11.4 Å². The van der Waals surface area contributed by atoms with E-state index in [1.807, 2.05) is 12.1 Å². The largest absolute Gasteiger partial charge is 0.480 e. The van der Waals surface area contributed by atoms with Crippen LogP contribution < -0.4 is 11.1 Å². The van der Waals surface area contributed by atoms with Crippen molar-refractivity contribution in [2.75, 3.05) is 13.2 Å². The highest BCUT2D eigenvalue weighted by molar-refractivity contribution is 5.94. The van der Waals surface area contributed by atoms with Crippen molar-refractivity contribution in [3.05, 3.63) is 34.9 Å². The number of ether oxygens (including phenoxy) is 1. The average Bonchev–Trinajstić information content (AvgIpc) is 2.66. The summed E-state index contributed by atoms with van der Waals surface area (Å²) < 4.78 is 5.34. The molecule has 0 spiro atoms. The quantitative estimate of drug-likeness (QED) is 0.684.